The van der Waals surface area contributed by atoms with Crippen LogP contribution in [0.5, 0.6) is 17.2 Å². The first kappa shape index (κ1) is 25.1. The van der Waals surface area contributed by atoms with Gasteiger partial charge in [0.15, 0.2) is 0 Å². The molecule has 2 N–H and O–H groups in total. The maximum Gasteiger partial charge on any atom is 0.268 e. The summed E-state index contributed by atoms with van der Waals surface area (Å²) in [4.78, 5) is 20.1. The lowest BCUT2D eigenvalue weighted by Gasteiger charge is -2.22. The van der Waals surface area contributed by atoms with Crippen LogP contribution in [0.25, 0.3) is 11.0 Å². The largest absolute Gasteiger partial charge is 0.492 e. The smallest absolute Gasteiger partial charge is 0.268 e. The Morgan fingerprint density at radius 2 is 1.92 bits per heavy atom. The van der Waals surface area contributed by atoms with Crippen molar-refractivity contribution < 1.29 is 27.4 Å². The highest BCUT2D eigenvalue weighted by Gasteiger charge is 2.23. The number of pyridine rings is 1. The molecule has 2 aromatic heterocycles. The van der Waals surface area contributed by atoms with Gasteiger partial charge >= 0.3 is 0 Å². The molecule has 1 fully saturated rings. The molecule has 0 unspecified atom stereocenters. The van der Waals surface area contributed by atoms with Crippen molar-refractivity contribution in [2.75, 3.05) is 19.8 Å². The maximum absolute atomic E-state index is 13.0. The lowest BCUT2D eigenvalue weighted by atomic mass is 10.0. The summed E-state index contributed by atoms with van der Waals surface area (Å²) in [6.45, 7) is 1.87. The number of ether oxygens (including phenoxy) is 3. The molecule has 0 atom stereocenters. The molecule has 0 spiro atoms. The monoisotopic (exact) mass is 541 g/mol. The predicted octanol–water partition coefficient (Wildman–Crippen LogP) is 4.93. The van der Waals surface area contributed by atoms with E-state index >= 15 is 0 Å². The van der Waals surface area contributed by atoms with Gasteiger partial charge < -0.3 is 19.2 Å². The van der Waals surface area contributed by atoms with E-state index in [2.05, 4.69) is 14.7 Å². The van der Waals surface area contributed by atoms with Gasteiger partial charge in [0.25, 0.3) is 15.9 Å². The molecule has 1 aliphatic rings. The molecule has 5 rings (SSSR count). The number of amides is 1. The van der Waals surface area contributed by atoms with Crippen LogP contribution in [0, 0.1) is 5.92 Å². The minimum atomic E-state index is -4.22. The minimum Gasteiger partial charge on any atom is -0.492 e. The third kappa shape index (κ3) is 5.87. The Bertz CT molecular complexity index is 1530. The van der Waals surface area contributed by atoms with Crippen LogP contribution in [0.1, 0.15) is 23.2 Å². The van der Waals surface area contributed by atoms with Gasteiger partial charge in [-0.3, -0.25) is 4.79 Å². The SMILES string of the molecule is O=C(NS(=O)(=O)c1ccc(OCC2CCOCC2)c(Cl)c1)c1ccccc1Oc1cnc2[nH]ccc2c1. The molecule has 0 radical (unpaired) electrons. The standard InChI is InChI=1S/C26H24ClN3O6S/c27-22-14-20(5-6-24(22)35-16-17-8-11-34-12-9-17)37(32,33)30-26(31)21-3-1-2-4-23(21)36-19-13-18-7-10-28-25(18)29-15-19/h1-7,10,13-15,17H,8-9,11-12,16H2,(H,28,29)(H,30,31). The van der Waals surface area contributed by atoms with Gasteiger partial charge in [-0.1, -0.05) is 23.7 Å². The van der Waals surface area contributed by atoms with Gasteiger partial charge in [0.1, 0.15) is 22.9 Å². The number of sulfonamides is 1. The number of aromatic amines is 1. The van der Waals surface area contributed by atoms with Crippen molar-refractivity contribution in [1.29, 1.82) is 0 Å². The number of fused-ring (bicyclic) bond motifs is 1. The number of hydrogen-bond acceptors (Lipinski definition) is 7. The van der Waals surface area contributed by atoms with Crippen LogP contribution in [0.15, 0.2) is 71.9 Å². The number of benzene rings is 2. The molecular formula is C26H24ClN3O6S. The highest BCUT2D eigenvalue weighted by Crippen LogP contribution is 2.30. The number of hydrogen-bond donors (Lipinski definition) is 2. The molecule has 2 aromatic carbocycles. The van der Waals surface area contributed by atoms with E-state index in [9.17, 15) is 13.2 Å². The Hall–Kier alpha value is -3.60. The van der Waals surface area contributed by atoms with Gasteiger partial charge in [0, 0.05) is 24.8 Å². The molecule has 11 heteroatoms. The van der Waals surface area contributed by atoms with Crippen molar-refractivity contribution in [2.24, 2.45) is 5.92 Å². The van der Waals surface area contributed by atoms with Crippen molar-refractivity contribution >= 4 is 38.6 Å². The van der Waals surface area contributed by atoms with E-state index in [1.807, 2.05) is 6.07 Å². The van der Waals surface area contributed by atoms with Crippen molar-refractivity contribution in [1.82, 2.24) is 14.7 Å². The number of nitrogens with one attached hydrogen (secondary N) is 2. The lowest BCUT2D eigenvalue weighted by molar-refractivity contribution is 0.0497. The number of carbonyl (C=O) groups excluding carboxylic acids is 1. The first-order chi connectivity index (χ1) is 17.9. The fraction of sp³-hybridized carbons (Fsp3) is 0.231. The Labute approximate surface area is 218 Å². The van der Waals surface area contributed by atoms with Gasteiger partial charge in [-0.15, -0.1) is 0 Å². The van der Waals surface area contributed by atoms with Crippen LogP contribution in [0.4, 0.5) is 0 Å². The fourth-order valence-electron chi connectivity index (χ4n) is 3.97. The molecule has 9 nitrogen and oxygen atoms in total. The molecule has 1 aliphatic heterocycles. The highest BCUT2D eigenvalue weighted by atomic mass is 35.5. The molecule has 0 aliphatic carbocycles. The van der Waals surface area contributed by atoms with E-state index in [1.54, 1.807) is 30.5 Å². The third-order valence-electron chi connectivity index (χ3n) is 5.99. The van der Waals surface area contributed by atoms with Crippen LogP contribution in [-0.2, 0) is 14.8 Å². The summed E-state index contributed by atoms with van der Waals surface area (Å²) >= 11 is 6.30. The zero-order valence-electron chi connectivity index (χ0n) is 19.6. The van der Waals surface area contributed by atoms with E-state index in [0.717, 1.165) is 18.2 Å². The molecule has 0 bridgehead atoms. The number of halogens is 1. The molecular weight excluding hydrogens is 518 g/mol. The average molecular weight is 542 g/mol. The highest BCUT2D eigenvalue weighted by molar-refractivity contribution is 7.90. The van der Waals surface area contributed by atoms with Gasteiger partial charge in [0.05, 0.1) is 28.3 Å². The average Bonchev–Trinajstić information content (AvgIpc) is 3.36. The molecule has 37 heavy (non-hydrogen) atoms. The fourth-order valence-corrected chi connectivity index (χ4v) is 5.26. The summed E-state index contributed by atoms with van der Waals surface area (Å²) in [7, 11) is -4.22. The molecule has 1 amide bonds. The first-order valence-corrected chi connectivity index (χ1v) is 13.5. The van der Waals surface area contributed by atoms with Crippen LogP contribution >= 0.6 is 11.6 Å². The molecule has 192 valence electrons. The normalized spacial score (nSPS) is 14.4. The topological polar surface area (TPSA) is 120 Å². The summed E-state index contributed by atoms with van der Waals surface area (Å²) in [5.74, 6) is 0.475. The van der Waals surface area contributed by atoms with Gasteiger partial charge in [-0.2, -0.15) is 0 Å². The zero-order valence-corrected chi connectivity index (χ0v) is 21.2. The van der Waals surface area contributed by atoms with E-state index in [0.29, 0.717) is 42.9 Å². The van der Waals surface area contributed by atoms with Crippen LogP contribution in [0.2, 0.25) is 5.02 Å². The third-order valence-corrected chi connectivity index (χ3v) is 7.61. The number of nitrogens with zero attached hydrogens (tertiary/aromatic N) is 1. The van der Waals surface area contributed by atoms with Crippen LogP contribution in [-0.4, -0.2) is 44.1 Å². The van der Waals surface area contributed by atoms with Crippen molar-refractivity contribution in [2.45, 2.75) is 17.7 Å². The Balaban J connectivity index is 1.29. The molecule has 4 aromatic rings. The predicted molar refractivity (Wildman–Crippen MR) is 138 cm³/mol. The minimum absolute atomic E-state index is 0.0442. The molecule has 3 heterocycles. The number of aromatic nitrogens is 2. The number of H-pyrrole nitrogens is 1. The van der Waals surface area contributed by atoms with Crippen molar-refractivity contribution in [3.05, 3.63) is 77.6 Å². The Morgan fingerprint density at radius 3 is 2.73 bits per heavy atom. The molecule has 1 saturated heterocycles. The van der Waals surface area contributed by atoms with Gasteiger partial charge in [0.2, 0.25) is 0 Å². The number of rotatable bonds is 8. The van der Waals surface area contributed by atoms with Crippen molar-refractivity contribution in [3.63, 3.8) is 0 Å². The van der Waals surface area contributed by atoms with E-state index in [4.69, 9.17) is 25.8 Å². The van der Waals surface area contributed by atoms with Crippen molar-refractivity contribution in [3.8, 4) is 17.2 Å². The van der Waals surface area contributed by atoms with E-state index in [1.165, 1.54) is 30.5 Å². The summed E-state index contributed by atoms with van der Waals surface area (Å²) < 4.78 is 45.0. The number of carbonyl (C=O) groups is 1. The molecule has 0 saturated carbocycles. The van der Waals surface area contributed by atoms with Gasteiger partial charge in [-0.25, -0.2) is 18.1 Å². The Kier molecular flexibility index (Phi) is 7.31. The zero-order chi connectivity index (χ0) is 25.8. The second-order valence-corrected chi connectivity index (χ2v) is 10.7. The quantitative estimate of drug-likeness (QED) is 0.324. The Morgan fingerprint density at radius 1 is 1.11 bits per heavy atom. The summed E-state index contributed by atoms with van der Waals surface area (Å²) in [5.41, 5.74) is 0.742. The summed E-state index contributed by atoms with van der Waals surface area (Å²) in [5, 5.41) is 0.970. The summed E-state index contributed by atoms with van der Waals surface area (Å²) in [6.07, 6.45) is 5.07. The second-order valence-electron chi connectivity index (χ2n) is 8.58. The lowest BCUT2D eigenvalue weighted by Crippen LogP contribution is -2.30. The maximum atomic E-state index is 13.0. The van der Waals surface area contributed by atoms with E-state index < -0.39 is 15.9 Å². The van der Waals surface area contributed by atoms with Gasteiger partial charge in [-0.05, 0) is 61.2 Å². The summed E-state index contributed by atoms with van der Waals surface area (Å²) in [6, 6.07) is 14.0. The number of para-hydroxylation sites is 1. The van der Waals surface area contributed by atoms with E-state index in [-0.39, 0.29) is 21.2 Å². The second kappa shape index (κ2) is 10.8. The van der Waals surface area contributed by atoms with Crippen LogP contribution in [0.3, 0.4) is 0 Å². The first-order valence-electron chi connectivity index (χ1n) is 11.7. The van der Waals surface area contributed by atoms with Crippen LogP contribution < -0.4 is 14.2 Å².